The second kappa shape index (κ2) is 13.0. The molecular weight excluding hydrogens is 516 g/mol. The lowest BCUT2D eigenvalue weighted by Crippen LogP contribution is -2.15. The lowest BCUT2D eigenvalue weighted by molar-refractivity contribution is 0.0499. The minimum atomic E-state index is -0.426. The summed E-state index contributed by atoms with van der Waals surface area (Å²) in [5.74, 6) is 0.239. The Morgan fingerprint density at radius 3 is 2.33 bits per heavy atom. The van der Waals surface area contributed by atoms with Crippen LogP contribution in [-0.4, -0.2) is 50.6 Å². The first kappa shape index (κ1) is 27.8. The summed E-state index contributed by atoms with van der Waals surface area (Å²) in [5, 5.41) is 11.9. The Kier molecular flexibility index (Phi) is 9.27. The largest absolute Gasteiger partial charge is 0.497 e. The highest BCUT2D eigenvalue weighted by Gasteiger charge is 2.22. The van der Waals surface area contributed by atoms with Crippen molar-refractivity contribution in [1.29, 1.82) is 0 Å². The molecule has 0 unspecified atom stereocenters. The van der Waals surface area contributed by atoms with Crippen molar-refractivity contribution < 1.29 is 19.1 Å². The summed E-state index contributed by atoms with van der Waals surface area (Å²) in [4.78, 5) is 34.5. The van der Waals surface area contributed by atoms with Crippen LogP contribution in [0.1, 0.15) is 57.7 Å². The summed E-state index contributed by atoms with van der Waals surface area (Å²) in [6, 6.07) is 15.8. The zero-order valence-corrected chi connectivity index (χ0v) is 23.1. The number of esters is 1. The molecule has 0 aliphatic heterocycles. The van der Waals surface area contributed by atoms with Gasteiger partial charge in [0.2, 0.25) is 0 Å². The quantitative estimate of drug-likeness (QED) is 0.117. The average molecular weight is 547 g/mol. The van der Waals surface area contributed by atoms with Gasteiger partial charge in [0.15, 0.2) is 10.9 Å². The molecule has 4 aromatic rings. The third-order valence-electron chi connectivity index (χ3n) is 5.70. The first-order valence-corrected chi connectivity index (χ1v) is 13.5. The molecule has 0 saturated heterocycles. The average Bonchev–Trinajstić information content (AvgIpc) is 3.36. The molecule has 0 saturated carbocycles. The Balaban J connectivity index is 1.56. The number of amides is 1. The van der Waals surface area contributed by atoms with E-state index in [1.165, 1.54) is 11.8 Å². The third kappa shape index (κ3) is 7.20. The zero-order valence-electron chi connectivity index (χ0n) is 22.3. The van der Waals surface area contributed by atoms with Crippen molar-refractivity contribution in [3.63, 3.8) is 0 Å². The molecule has 0 fully saturated rings. The molecule has 39 heavy (non-hydrogen) atoms. The fourth-order valence-electron chi connectivity index (χ4n) is 3.70. The molecule has 0 aliphatic carbocycles. The first-order chi connectivity index (χ1) is 18.9. The van der Waals surface area contributed by atoms with Crippen molar-refractivity contribution >= 4 is 29.3 Å². The van der Waals surface area contributed by atoms with Crippen LogP contribution in [0, 0.1) is 13.8 Å². The third-order valence-corrected chi connectivity index (χ3v) is 6.56. The van der Waals surface area contributed by atoms with Gasteiger partial charge in [-0.1, -0.05) is 30.3 Å². The van der Waals surface area contributed by atoms with E-state index in [0.717, 1.165) is 29.9 Å². The molecule has 11 heteroatoms. The van der Waals surface area contributed by atoms with Crippen molar-refractivity contribution in [3.8, 4) is 11.4 Å². The lowest BCUT2D eigenvalue weighted by atomic mass is 10.2. The SMILES string of the molecule is CCCCOC(=O)c1ccc(NC(=O)c2nnn(-c3ccc(OC)cc3)c2CSc2nc(C)cc(C)n2)cc1. The maximum atomic E-state index is 13.3. The maximum absolute atomic E-state index is 13.3. The van der Waals surface area contributed by atoms with Crippen LogP contribution in [0.2, 0.25) is 0 Å². The number of anilines is 1. The number of carbonyl (C=O) groups excluding carboxylic acids is 2. The van der Waals surface area contributed by atoms with Gasteiger partial charge in [-0.25, -0.2) is 19.4 Å². The van der Waals surface area contributed by atoms with Crippen LogP contribution >= 0.6 is 11.8 Å². The van der Waals surface area contributed by atoms with Crippen molar-refractivity contribution in [1.82, 2.24) is 25.0 Å². The molecule has 0 radical (unpaired) electrons. The molecule has 2 aromatic heterocycles. The molecule has 4 rings (SSSR count). The molecule has 0 spiro atoms. The van der Waals surface area contributed by atoms with Gasteiger partial charge in [-0.3, -0.25) is 4.79 Å². The van der Waals surface area contributed by atoms with Crippen LogP contribution in [0.3, 0.4) is 0 Å². The number of hydrogen-bond acceptors (Lipinski definition) is 9. The first-order valence-electron chi connectivity index (χ1n) is 12.5. The lowest BCUT2D eigenvalue weighted by Gasteiger charge is -2.10. The van der Waals surface area contributed by atoms with Crippen LogP contribution in [0.5, 0.6) is 5.75 Å². The number of thioether (sulfide) groups is 1. The van der Waals surface area contributed by atoms with E-state index < -0.39 is 11.9 Å². The molecule has 10 nitrogen and oxygen atoms in total. The molecule has 202 valence electrons. The highest BCUT2D eigenvalue weighted by atomic mass is 32.2. The van der Waals surface area contributed by atoms with E-state index in [1.807, 2.05) is 51.1 Å². The van der Waals surface area contributed by atoms with Crippen LogP contribution in [-0.2, 0) is 10.5 Å². The van der Waals surface area contributed by atoms with Gasteiger partial charge >= 0.3 is 5.97 Å². The molecule has 0 atom stereocenters. The number of nitrogens with zero attached hydrogens (tertiary/aromatic N) is 5. The maximum Gasteiger partial charge on any atom is 0.338 e. The number of ether oxygens (including phenoxy) is 2. The van der Waals surface area contributed by atoms with E-state index in [-0.39, 0.29) is 5.69 Å². The molecule has 1 amide bonds. The number of nitrogens with one attached hydrogen (secondary N) is 1. The molecule has 1 N–H and O–H groups in total. The normalized spacial score (nSPS) is 10.8. The predicted octanol–water partition coefficient (Wildman–Crippen LogP) is 5.18. The summed E-state index contributed by atoms with van der Waals surface area (Å²) in [5.41, 5.74) is 4.14. The second-order valence-corrected chi connectivity index (χ2v) is 9.68. The molecule has 0 aliphatic rings. The highest BCUT2D eigenvalue weighted by Crippen LogP contribution is 2.25. The standard InChI is InChI=1S/C28H30N6O4S/c1-5-6-15-38-27(36)20-7-9-21(10-8-20)31-26(35)25-24(17-39-28-29-18(2)16-19(3)30-28)34(33-32-25)22-11-13-23(37-4)14-12-22/h7-14,16H,5-6,15,17H2,1-4H3,(H,31,35). The van der Waals surface area contributed by atoms with Gasteiger partial charge in [-0.15, -0.1) is 5.10 Å². The van der Waals surface area contributed by atoms with Crippen molar-refractivity contribution in [2.75, 3.05) is 19.0 Å². The van der Waals surface area contributed by atoms with E-state index >= 15 is 0 Å². The topological polar surface area (TPSA) is 121 Å². The highest BCUT2D eigenvalue weighted by molar-refractivity contribution is 7.98. The van der Waals surface area contributed by atoms with E-state index in [0.29, 0.717) is 40.2 Å². The Bertz CT molecular complexity index is 1420. The van der Waals surface area contributed by atoms with E-state index in [9.17, 15) is 9.59 Å². The number of carbonyl (C=O) groups is 2. The van der Waals surface area contributed by atoms with Gasteiger partial charge in [0, 0.05) is 22.8 Å². The number of benzene rings is 2. The van der Waals surface area contributed by atoms with Crippen molar-refractivity contribution in [2.45, 2.75) is 44.5 Å². The van der Waals surface area contributed by atoms with Gasteiger partial charge in [0.05, 0.1) is 30.7 Å². The molecular formula is C28H30N6O4S. The number of unbranched alkanes of at least 4 members (excludes halogenated alkanes) is 1. The molecule has 2 heterocycles. The van der Waals surface area contributed by atoms with Gasteiger partial charge in [-0.2, -0.15) is 0 Å². The number of hydrogen-bond donors (Lipinski definition) is 1. The Morgan fingerprint density at radius 1 is 1.00 bits per heavy atom. The number of methoxy groups -OCH3 is 1. The molecule has 0 bridgehead atoms. The minimum absolute atomic E-state index is 0.172. The zero-order chi connectivity index (χ0) is 27.8. The van der Waals surface area contributed by atoms with Gasteiger partial charge in [0.25, 0.3) is 5.91 Å². The summed E-state index contributed by atoms with van der Waals surface area (Å²) >= 11 is 1.39. The van der Waals surface area contributed by atoms with E-state index in [2.05, 4.69) is 25.6 Å². The van der Waals surface area contributed by atoms with E-state index in [4.69, 9.17) is 9.47 Å². The monoisotopic (exact) mass is 546 g/mol. The van der Waals surface area contributed by atoms with Crippen LogP contribution < -0.4 is 10.1 Å². The predicted molar refractivity (Wildman–Crippen MR) is 149 cm³/mol. The number of rotatable bonds is 11. The summed E-state index contributed by atoms with van der Waals surface area (Å²) in [7, 11) is 1.60. The number of aryl methyl sites for hydroxylation is 2. The Hall–Kier alpha value is -4.25. The van der Waals surface area contributed by atoms with Crippen molar-refractivity contribution in [2.24, 2.45) is 0 Å². The van der Waals surface area contributed by atoms with Gasteiger partial charge < -0.3 is 14.8 Å². The molecule has 2 aromatic carbocycles. The Morgan fingerprint density at radius 2 is 1.69 bits per heavy atom. The second-order valence-electron chi connectivity index (χ2n) is 8.74. The van der Waals surface area contributed by atoms with Crippen LogP contribution in [0.25, 0.3) is 5.69 Å². The van der Waals surface area contributed by atoms with Crippen LogP contribution in [0.4, 0.5) is 5.69 Å². The fourth-order valence-corrected chi connectivity index (χ4v) is 4.64. The fraction of sp³-hybridized carbons (Fsp3) is 0.286. The summed E-state index contributed by atoms with van der Waals surface area (Å²) in [6.45, 7) is 6.24. The summed E-state index contributed by atoms with van der Waals surface area (Å²) < 4.78 is 12.1. The number of aromatic nitrogens is 5. The van der Waals surface area contributed by atoms with Crippen molar-refractivity contribution in [3.05, 3.63) is 82.9 Å². The van der Waals surface area contributed by atoms with E-state index in [1.54, 1.807) is 36.1 Å². The van der Waals surface area contributed by atoms with Gasteiger partial charge in [0.1, 0.15) is 5.75 Å². The smallest absolute Gasteiger partial charge is 0.338 e. The summed E-state index contributed by atoms with van der Waals surface area (Å²) in [6.07, 6.45) is 1.76. The minimum Gasteiger partial charge on any atom is -0.497 e. The van der Waals surface area contributed by atoms with Gasteiger partial charge in [-0.05, 0) is 74.9 Å². The van der Waals surface area contributed by atoms with Crippen LogP contribution in [0.15, 0.2) is 59.8 Å². The Labute approximate surface area is 231 Å².